The Kier molecular flexibility index (Phi) is 12.6. The molecule has 47 heavy (non-hydrogen) atoms. The van der Waals surface area contributed by atoms with Crippen LogP contribution in [0, 0.1) is 5.92 Å². The molecule has 4 atom stereocenters. The van der Waals surface area contributed by atoms with E-state index in [0.29, 0.717) is 29.8 Å². The average Bonchev–Trinajstić information content (AvgIpc) is 3.59. The first-order valence-corrected chi connectivity index (χ1v) is 17.1. The Morgan fingerprint density at radius 3 is 2.32 bits per heavy atom. The van der Waals surface area contributed by atoms with Crippen molar-refractivity contribution in [2.45, 2.75) is 57.8 Å². The Labute approximate surface area is 279 Å². The van der Waals surface area contributed by atoms with Gasteiger partial charge in [-0.05, 0) is 61.5 Å². The van der Waals surface area contributed by atoms with Crippen molar-refractivity contribution in [2.75, 3.05) is 25.1 Å². The summed E-state index contributed by atoms with van der Waals surface area (Å²) in [7, 11) is 0. The molecule has 0 saturated carbocycles. The summed E-state index contributed by atoms with van der Waals surface area (Å²) in [5.41, 5.74) is 1.74. The average molecular weight is 662 g/mol. The highest BCUT2D eigenvalue weighted by molar-refractivity contribution is 7.98. The number of nitrogens with zero attached hydrogens (tertiary/aromatic N) is 3. The minimum Gasteiger partial charge on any atom is -0.349 e. The standard InChI is InChI=1S/C34H43N7O5S/c1-22(2)30-33(45)38-27(15-18-47-4)32(44)36-23(3)31(43)37-25(19-24-11-6-5-7-12-24)20-40(21-29(42)39-30)34(46)26-13-8-9-14-28(26)41-17-10-16-35-41/h5-14,16-17,22-23,25,27,30H,15,18-21H2,1-4H3,(H,36,44)(H,37,43)(H,38,45)(H,39,42)/t23-,25+,27-,30-/m0/s1. The van der Waals surface area contributed by atoms with Crippen molar-refractivity contribution < 1.29 is 24.0 Å². The lowest BCUT2D eigenvalue weighted by atomic mass is 10.0. The van der Waals surface area contributed by atoms with E-state index in [1.807, 2.05) is 36.6 Å². The molecule has 1 fully saturated rings. The molecule has 0 bridgehead atoms. The number of amides is 5. The Morgan fingerprint density at radius 1 is 0.915 bits per heavy atom. The van der Waals surface area contributed by atoms with Gasteiger partial charge in [0.2, 0.25) is 23.6 Å². The van der Waals surface area contributed by atoms with Gasteiger partial charge in [-0.15, -0.1) is 0 Å². The summed E-state index contributed by atoms with van der Waals surface area (Å²) in [5, 5.41) is 15.6. The maximum atomic E-state index is 14.3. The lowest BCUT2D eigenvalue weighted by Gasteiger charge is -2.30. The minimum atomic E-state index is -0.970. The third-order valence-electron chi connectivity index (χ3n) is 7.88. The monoisotopic (exact) mass is 661 g/mol. The van der Waals surface area contributed by atoms with Gasteiger partial charge in [0, 0.05) is 18.9 Å². The molecule has 0 radical (unpaired) electrons. The normalized spacial score (nSPS) is 21.6. The Bertz CT molecular complexity index is 1530. The van der Waals surface area contributed by atoms with Gasteiger partial charge in [0.05, 0.1) is 23.8 Å². The van der Waals surface area contributed by atoms with Crippen LogP contribution in [0.5, 0.6) is 0 Å². The number of hydrogen-bond donors (Lipinski definition) is 4. The molecule has 1 saturated heterocycles. The quantitative estimate of drug-likeness (QED) is 0.288. The van der Waals surface area contributed by atoms with Gasteiger partial charge in [0.15, 0.2) is 0 Å². The van der Waals surface area contributed by atoms with Crippen LogP contribution >= 0.6 is 11.8 Å². The predicted molar refractivity (Wildman–Crippen MR) is 181 cm³/mol. The molecule has 13 heteroatoms. The Balaban J connectivity index is 1.75. The highest BCUT2D eigenvalue weighted by Gasteiger charge is 2.33. The molecule has 1 aliphatic rings. The van der Waals surface area contributed by atoms with Crippen LogP contribution in [0.4, 0.5) is 0 Å². The largest absolute Gasteiger partial charge is 0.349 e. The number of benzene rings is 2. The molecular weight excluding hydrogens is 618 g/mol. The molecule has 4 N–H and O–H groups in total. The van der Waals surface area contributed by atoms with Gasteiger partial charge in [-0.2, -0.15) is 16.9 Å². The fraction of sp³-hybridized carbons (Fsp3) is 0.412. The predicted octanol–water partition coefficient (Wildman–Crippen LogP) is 1.94. The molecule has 250 valence electrons. The van der Waals surface area contributed by atoms with E-state index in [9.17, 15) is 24.0 Å². The van der Waals surface area contributed by atoms with E-state index < -0.39 is 53.7 Å². The summed E-state index contributed by atoms with van der Waals surface area (Å²) in [6.07, 6.45) is 5.90. The summed E-state index contributed by atoms with van der Waals surface area (Å²) in [6.45, 7) is 4.74. The molecule has 4 rings (SSSR count). The van der Waals surface area contributed by atoms with Crippen LogP contribution in [0.3, 0.4) is 0 Å². The van der Waals surface area contributed by atoms with Crippen LogP contribution in [0.25, 0.3) is 5.69 Å². The fourth-order valence-corrected chi connectivity index (χ4v) is 5.85. The van der Waals surface area contributed by atoms with Crippen LogP contribution in [0.2, 0.25) is 0 Å². The zero-order chi connectivity index (χ0) is 33.9. The second kappa shape index (κ2) is 16.8. The SMILES string of the molecule is CSCC[C@@H]1NC(=O)[C@H](C(C)C)NC(=O)CN(C(=O)c2ccccc2-n2cccn2)C[C@@H](Cc2ccccc2)NC(=O)[C@H](C)NC1=O. The zero-order valence-electron chi connectivity index (χ0n) is 27.1. The number of nitrogens with one attached hydrogen (secondary N) is 4. The molecule has 1 aliphatic heterocycles. The van der Waals surface area contributed by atoms with Crippen molar-refractivity contribution in [1.82, 2.24) is 35.9 Å². The molecule has 12 nitrogen and oxygen atoms in total. The van der Waals surface area contributed by atoms with Crippen molar-refractivity contribution in [3.8, 4) is 5.69 Å². The van der Waals surface area contributed by atoms with Crippen molar-refractivity contribution in [3.05, 3.63) is 84.2 Å². The summed E-state index contributed by atoms with van der Waals surface area (Å²) >= 11 is 1.52. The molecule has 5 amide bonds. The van der Waals surface area contributed by atoms with E-state index in [1.165, 1.54) is 16.7 Å². The molecule has 1 aromatic heterocycles. The molecule has 2 heterocycles. The number of thioether (sulfide) groups is 1. The van der Waals surface area contributed by atoms with Gasteiger partial charge in [-0.25, -0.2) is 4.68 Å². The summed E-state index contributed by atoms with van der Waals surface area (Å²) in [6, 6.07) is 14.7. The van der Waals surface area contributed by atoms with E-state index in [1.54, 1.807) is 68.2 Å². The van der Waals surface area contributed by atoms with Gasteiger partial charge in [-0.3, -0.25) is 24.0 Å². The van der Waals surface area contributed by atoms with Gasteiger partial charge >= 0.3 is 0 Å². The third kappa shape index (κ3) is 9.67. The molecule has 0 aliphatic carbocycles. The van der Waals surface area contributed by atoms with E-state index in [2.05, 4.69) is 26.4 Å². The minimum absolute atomic E-state index is 0.0319. The number of para-hydroxylation sites is 1. The maximum Gasteiger partial charge on any atom is 0.256 e. The molecular formula is C34H43N7O5S. The second-order valence-corrected chi connectivity index (χ2v) is 12.9. The molecule has 0 spiro atoms. The molecule has 2 aromatic carbocycles. The lowest BCUT2D eigenvalue weighted by Crippen LogP contribution is -2.57. The first-order valence-electron chi connectivity index (χ1n) is 15.7. The van der Waals surface area contributed by atoms with Gasteiger partial charge in [-0.1, -0.05) is 56.3 Å². The van der Waals surface area contributed by atoms with Gasteiger partial charge in [0.1, 0.15) is 18.1 Å². The topological polar surface area (TPSA) is 155 Å². The van der Waals surface area contributed by atoms with E-state index in [-0.39, 0.29) is 19.0 Å². The summed E-state index contributed by atoms with van der Waals surface area (Å²) < 4.78 is 1.57. The van der Waals surface area contributed by atoms with Crippen LogP contribution < -0.4 is 21.3 Å². The smallest absolute Gasteiger partial charge is 0.256 e. The Hall–Kier alpha value is -4.65. The van der Waals surface area contributed by atoms with Crippen LogP contribution in [-0.2, 0) is 25.6 Å². The van der Waals surface area contributed by atoms with E-state index >= 15 is 0 Å². The second-order valence-electron chi connectivity index (χ2n) is 11.9. The van der Waals surface area contributed by atoms with E-state index in [0.717, 1.165) is 5.56 Å². The van der Waals surface area contributed by atoms with Crippen LogP contribution in [0.15, 0.2) is 73.1 Å². The lowest BCUT2D eigenvalue weighted by molar-refractivity contribution is -0.134. The first-order chi connectivity index (χ1) is 22.6. The fourth-order valence-electron chi connectivity index (χ4n) is 5.38. The van der Waals surface area contributed by atoms with Crippen molar-refractivity contribution in [2.24, 2.45) is 5.92 Å². The number of rotatable bonds is 8. The summed E-state index contributed by atoms with van der Waals surface area (Å²) in [4.78, 5) is 69.7. The number of carbonyl (C=O) groups excluding carboxylic acids is 5. The van der Waals surface area contributed by atoms with Gasteiger partial charge < -0.3 is 26.2 Å². The van der Waals surface area contributed by atoms with Gasteiger partial charge in [0.25, 0.3) is 5.91 Å². The molecule has 3 aromatic rings. The number of carbonyl (C=O) groups is 5. The Morgan fingerprint density at radius 2 is 1.64 bits per heavy atom. The van der Waals surface area contributed by atoms with Crippen molar-refractivity contribution >= 4 is 41.3 Å². The number of aromatic nitrogens is 2. The number of hydrogen-bond acceptors (Lipinski definition) is 7. The summed E-state index contributed by atoms with van der Waals surface area (Å²) in [5.74, 6) is -2.22. The van der Waals surface area contributed by atoms with Crippen molar-refractivity contribution in [3.63, 3.8) is 0 Å². The van der Waals surface area contributed by atoms with Crippen LogP contribution in [0.1, 0.15) is 43.1 Å². The van der Waals surface area contributed by atoms with Crippen LogP contribution in [-0.4, -0.2) is 93.5 Å². The molecule has 0 unspecified atom stereocenters. The highest BCUT2D eigenvalue weighted by Crippen LogP contribution is 2.18. The third-order valence-corrected chi connectivity index (χ3v) is 8.52. The first kappa shape index (κ1) is 35.2. The zero-order valence-corrected chi connectivity index (χ0v) is 28.0. The van der Waals surface area contributed by atoms with Crippen molar-refractivity contribution in [1.29, 1.82) is 0 Å². The maximum absolute atomic E-state index is 14.3. The highest BCUT2D eigenvalue weighted by atomic mass is 32.2. The van der Waals surface area contributed by atoms with E-state index in [4.69, 9.17) is 0 Å².